The van der Waals surface area contributed by atoms with Gasteiger partial charge < -0.3 is 5.11 Å². The molecule has 4 nitrogen and oxygen atoms in total. The van der Waals surface area contributed by atoms with Crippen molar-refractivity contribution in [2.45, 2.75) is 33.2 Å². The van der Waals surface area contributed by atoms with E-state index in [1.54, 1.807) is 4.68 Å². The summed E-state index contributed by atoms with van der Waals surface area (Å²) in [6.45, 7) is 4.67. The number of unbranched alkanes of at least 4 members (excludes halogenated alkanes) is 1. The van der Waals surface area contributed by atoms with E-state index >= 15 is 0 Å². The lowest BCUT2D eigenvalue weighted by Gasteiger charge is -2.00. The Hall–Kier alpha value is -1.29. The molecular weight excluding hydrogens is 228 g/mol. The van der Waals surface area contributed by atoms with Crippen LogP contribution in [0.1, 0.15) is 31.0 Å². The van der Waals surface area contributed by atoms with Gasteiger partial charge in [-0.3, -0.25) is 4.68 Å². The lowest BCUT2D eigenvalue weighted by Crippen LogP contribution is -1.99. The van der Waals surface area contributed by atoms with E-state index in [-0.39, 0.29) is 0 Å². The summed E-state index contributed by atoms with van der Waals surface area (Å²) in [5.74, 6) is -0.989. The predicted octanol–water partition coefficient (Wildman–Crippen LogP) is 2.74. The van der Waals surface area contributed by atoms with Gasteiger partial charge in [0.1, 0.15) is 5.15 Å². The predicted molar refractivity (Wildman–Crippen MR) is 63.6 cm³/mol. The van der Waals surface area contributed by atoms with Crippen LogP contribution in [0.2, 0.25) is 5.15 Å². The van der Waals surface area contributed by atoms with Crippen LogP contribution in [0.25, 0.3) is 6.08 Å². The number of nitrogens with zero attached hydrogens (tertiary/aromatic N) is 2. The highest BCUT2D eigenvalue weighted by Crippen LogP contribution is 2.21. The van der Waals surface area contributed by atoms with E-state index in [0.29, 0.717) is 10.7 Å². The number of aliphatic carboxylic acids is 1. The third-order valence-electron chi connectivity index (χ3n) is 2.23. The third-order valence-corrected chi connectivity index (χ3v) is 2.62. The summed E-state index contributed by atoms with van der Waals surface area (Å²) in [7, 11) is 0. The fourth-order valence-electron chi connectivity index (χ4n) is 1.37. The van der Waals surface area contributed by atoms with E-state index < -0.39 is 5.97 Å². The number of aromatic nitrogens is 2. The summed E-state index contributed by atoms with van der Waals surface area (Å²) < 4.78 is 1.71. The molecule has 0 aliphatic carbocycles. The number of carboxylic acids is 1. The van der Waals surface area contributed by atoms with Gasteiger partial charge in [0.15, 0.2) is 0 Å². The summed E-state index contributed by atoms with van der Waals surface area (Å²) in [5, 5.41) is 13.3. The molecule has 88 valence electrons. The highest BCUT2D eigenvalue weighted by atomic mass is 35.5. The molecule has 0 bridgehead atoms. The standard InChI is InChI=1S/C11H15ClN2O2/c1-3-4-7-14-11(12)9(8(2)13-14)5-6-10(15)16/h5-6H,3-4,7H2,1-2H3,(H,15,16). The van der Waals surface area contributed by atoms with Crippen LogP contribution in [-0.4, -0.2) is 20.9 Å². The molecule has 0 saturated carbocycles. The maximum atomic E-state index is 10.4. The minimum Gasteiger partial charge on any atom is -0.478 e. The Labute approximate surface area is 99.5 Å². The molecule has 0 spiro atoms. The Bertz CT molecular complexity index is 410. The maximum absolute atomic E-state index is 10.4. The van der Waals surface area contributed by atoms with Gasteiger partial charge in [-0.05, 0) is 19.4 Å². The summed E-state index contributed by atoms with van der Waals surface area (Å²) in [4.78, 5) is 10.4. The molecule has 0 aliphatic heterocycles. The van der Waals surface area contributed by atoms with Crippen LogP contribution in [0.3, 0.4) is 0 Å². The average molecular weight is 243 g/mol. The summed E-state index contributed by atoms with van der Waals surface area (Å²) in [5.41, 5.74) is 1.43. The van der Waals surface area contributed by atoms with E-state index in [2.05, 4.69) is 12.0 Å². The first kappa shape index (κ1) is 12.8. The van der Waals surface area contributed by atoms with Crippen LogP contribution in [0.4, 0.5) is 0 Å². The van der Waals surface area contributed by atoms with Gasteiger partial charge in [0.05, 0.1) is 5.69 Å². The normalized spacial score (nSPS) is 11.2. The van der Waals surface area contributed by atoms with Crippen molar-refractivity contribution in [1.29, 1.82) is 0 Å². The van der Waals surface area contributed by atoms with E-state index in [1.165, 1.54) is 6.08 Å². The van der Waals surface area contributed by atoms with Crippen molar-refractivity contribution in [2.75, 3.05) is 0 Å². The minimum atomic E-state index is -0.989. The number of aryl methyl sites for hydroxylation is 2. The molecule has 1 N–H and O–H groups in total. The Morgan fingerprint density at radius 1 is 1.62 bits per heavy atom. The Kier molecular flexibility index (Phi) is 4.55. The van der Waals surface area contributed by atoms with E-state index in [4.69, 9.17) is 16.7 Å². The zero-order chi connectivity index (χ0) is 12.1. The van der Waals surface area contributed by atoms with Gasteiger partial charge in [-0.2, -0.15) is 5.10 Å². The Balaban J connectivity index is 2.93. The molecule has 1 heterocycles. The molecule has 0 unspecified atom stereocenters. The quantitative estimate of drug-likeness (QED) is 0.808. The fourth-order valence-corrected chi connectivity index (χ4v) is 1.69. The first-order valence-electron chi connectivity index (χ1n) is 5.20. The molecule has 0 radical (unpaired) electrons. The lowest BCUT2D eigenvalue weighted by molar-refractivity contribution is -0.131. The van der Waals surface area contributed by atoms with Crippen molar-refractivity contribution < 1.29 is 9.90 Å². The van der Waals surface area contributed by atoms with E-state index in [1.807, 2.05) is 6.92 Å². The van der Waals surface area contributed by atoms with Gasteiger partial charge in [0, 0.05) is 18.2 Å². The Morgan fingerprint density at radius 2 is 2.31 bits per heavy atom. The minimum absolute atomic E-state index is 0.503. The number of carboxylic acid groups (broad SMARTS) is 1. The largest absolute Gasteiger partial charge is 0.478 e. The molecule has 1 aromatic heterocycles. The molecule has 0 amide bonds. The number of hydrogen-bond acceptors (Lipinski definition) is 2. The van der Waals surface area contributed by atoms with Crippen LogP contribution >= 0.6 is 11.6 Å². The first-order valence-corrected chi connectivity index (χ1v) is 5.58. The highest BCUT2D eigenvalue weighted by molar-refractivity contribution is 6.31. The highest BCUT2D eigenvalue weighted by Gasteiger charge is 2.10. The molecular formula is C11H15ClN2O2. The van der Waals surface area contributed by atoms with E-state index in [0.717, 1.165) is 31.2 Å². The molecule has 0 fully saturated rings. The molecule has 0 atom stereocenters. The van der Waals surface area contributed by atoms with Crippen LogP contribution in [0, 0.1) is 6.92 Å². The number of hydrogen-bond donors (Lipinski definition) is 1. The zero-order valence-electron chi connectivity index (χ0n) is 9.40. The fraction of sp³-hybridized carbons (Fsp3) is 0.455. The second-order valence-electron chi connectivity index (χ2n) is 3.54. The van der Waals surface area contributed by atoms with Gasteiger partial charge in [0.25, 0.3) is 0 Å². The third kappa shape index (κ3) is 3.10. The molecule has 16 heavy (non-hydrogen) atoms. The zero-order valence-corrected chi connectivity index (χ0v) is 10.2. The van der Waals surface area contributed by atoms with Crippen molar-refractivity contribution in [1.82, 2.24) is 9.78 Å². The van der Waals surface area contributed by atoms with Gasteiger partial charge in [-0.15, -0.1) is 0 Å². The number of rotatable bonds is 5. The van der Waals surface area contributed by atoms with Crippen LogP contribution in [-0.2, 0) is 11.3 Å². The van der Waals surface area contributed by atoms with Crippen LogP contribution < -0.4 is 0 Å². The topological polar surface area (TPSA) is 55.1 Å². The summed E-state index contributed by atoms with van der Waals surface area (Å²) in [6.07, 6.45) is 4.62. The second-order valence-corrected chi connectivity index (χ2v) is 3.90. The van der Waals surface area contributed by atoms with Gasteiger partial charge >= 0.3 is 5.97 Å². The molecule has 1 aromatic rings. The SMILES string of the molecule is CCCCn1nc(C)c(C=CC(=O)O)c1Cl. The van der Waals surface area contributed by atoms with Crippen molar-refractivity contribution in [3.05, 3.63) is 22.5 Å². The van der Waals surface area contributed by atoms with Crippen LogP contribution in [0.5, 0.6) is 0 Å². The van der Waals surface area contributed by atoms with Crippen molar-refractivity contribution in [3.63, 3.8) is 0 Å². The van der Waals surface area contributed by atoms with Crippen LogP contribution in [0.15, 0.2) is 6.08 Å². The van der Waals surface area contributed by atoms with Gasteiger partial charge in [-0.25, -0.2) is 4.79 Å². The van der Waals surface area contributed by atoms with Crippen molar-refractivity contribution in [3.8, 4) is 0 Å². The molecule has 5 heteroatoms. The van der Waals surface area contributed by atoms with Gasteiger partial charge in [-0.1, -0.05) is 24.9 Å². The smallest absolute Gasteiger partial charge is 0.328 e. The monoisotopic (exact) mass is 242 g/mol. The molecule has 0 aliphatic rings. The molecule has 0 saturated heterocycles. The molecule has 0 aromatic carbocycles. The Morgan fingerprint density at radius 3 is 2.88 bits per heavy atom. The molecule has 1 rings (SSSR count). The van der Waals surface area contributed by atoms with Crippen molar-refractivity contribution >= 4 is 23.6 Å². The average Bonchev–Trinajstić information content (AvgIpc) is 2.48. The van der Waals surface area contributed by atoms with Crippen molar-refractivity contribution in [2.24, 2.45) is 0 Å². The maximum Gasteiger partial charge on any atom is 0.328 e. The van der Waals surface area contributed by atoms with Gasteiger partial charge in [0.2, 0.25) is 0 Å². The lowest BCUT2D eigenvalue weighted by atomic mass is 10.2. The summed E-state index contributed by atoms with van der Waals surface area (Å²) in [6, 6.07) is 0. The second kappa shape index (κ2) is 5.70. The first-order chi connectivity index (χ1) is 7.56. The number of carbonyl (C=O) groups is 1. The number of halogens is 1. The van der Waals surface area contributed by atoms with E-state index in [9.17, 15) is 4.79 Å². The summed E-state index contributed by atoms with van der Waals surface area (Å²) >= 11 is 6.11.